The number of carbonyl (C=O) groups is 2. The quantitative estimate of drug-likeness (QED) is 0.612. The Morgan fingerprint density at radius 3 is 1.87 bits per heavy atom. The van der Waals surface area contributed by atoms with E-state index in [2.05, 4.69) is 5.32 Å². The summed E-state index contributed by atoms with van der Waals surface area (Å²) >= 11 is 0. The third-order valence-corrected chi connectivity index (χ3v) is 3.48. The fourth-order valence-corrected chi connectivity index (χ4v) is 1.47. The van der Waals surface area contributed by atoms with Crippen LogP contribution in [0.1, 0.15) is 27.7 Å². The molecule has 0 saturated carbocycles. The third-order valence-electron chi connectivity index (χ3n) is 3.48. The molecular weight excluding hydrogens is 196 g/mol. The number of likely N-dealkylation sites (N-methyl/N-ethyl adjacent to an activating group) is 1. The van der Waals surface area contributed by atoms with Crippen molar-refractivity contribution in [1.29, 1.82) is 0 Å². The Hall–Kier alpha value is -1.10. The van der Waals surface area contributed by atoms with E-state index in [0.29, 0.717) is 0 Å². The minimum Gasteiger partial charge on any atom is -0.480 e. The standard InChI is InChI=1S/C10H20N2O3/c1-9(2,6(12-5)7(13)14)10(3,4)8(11)15/h6,12H,1-5H3,(H2,11,15)(H,13,14). The number of rotatable bonds is 5. The van der Waals surface area contributed by atoms with E-state index in [4.69, 9.17) is 10.8 Å². The Kier molecular flexibility index (Phi) is 3.88. The van der Waals surface area contributed by atoms with Crippen molar-refractivity contribution in [3.8, 4) is 0 Å². The molecule has 88 valence electrons. The maximum Gasteiger partial charge on any atom is 0.321 e. The largest absolute Gasteiger partial charge is 0.480 e. The summed E-state index contributed by atoms with van der Waals surface area (Å²) in [6.07, 6.45) is 0. The summed E-state index contributed by atoms with van der Waals surface area (Å²) in [7, 11) is 1.55. The number of carboxylic acids is 1. The van der Waals surface area contributed by atoms with Gasteiger partial charge in [-0.25, -0.2) is 0 Å². The molecule has 1 unspecified atom stereocenters. The number of nitrogens with two attached hydrogens (primary N) is 1. The average molecular weight is 216 g/mol. The van der Waals surface area contributed by atoms with E-state index >= 15 is 0 Å². The number of carbonyl (C=O) groups excluding carboxylic acids is 1. The lowest BCUT2D eigenvalue weighted by molar-refractivity contribution is -0.148. The molecule has 1 amide bonds. The van der Waals surface area contributed by atoms with Gasteiger partial charge in [-0.05, 0) is 7.05 Å². The van der Waals surface area contributed by atoms with Gasteiger partial charge in [0.15, 0.2) is 0 Å². The van der Waals surface area contributed by atoms with E-state index in [1.807, 2.05) is 0 Å². The van der Waals surface area contributed by atoms with Gasteiger partial charge in [-0.1, -0.05) is 27.7 Å². The summed E-state index contributed by atoms with van der Waals surface area (Å²) in [4.78, 5) is 22.3. The zero-order valence-corrected chi connectivity index (χ0v) is 9.92. The Bertz CT molecular complexity index is 272. The lowest BCUT2D eigenvalue weighted by Crippen LogP contribution is -2.57. The van der Waals surface area contributed by atoms with Gasteiger partial charge in [-0.3, -0.25) is 9.59 Å². The number of hydrogen-bond acceptors (Lipinski definition) is 3. The molecule has 0 aliphatic heterocycles. The highest BCUT2D eigenvalue weighted by Gasteiger charge is 2.49. The predicted octanol–water partition coefficient (Wildman–Crippen LogP) is 0.197. The lowest BCUT2D eigenvalue weighted by atomic mass is 9.63. The molecule has 0 aromatic heterocycles. The summed E-state index contributed by atoms with van der Waals surface area (Å²) < 4.78 is 0. The molecule has 5 heteroatoms. The first-order valence-corrected chi connectivity index (χ1v) is 4.79. The van der Waals surface area contributed by atoms with Crippen molar-refractivity contribution < 1.29 is 14.7 Å². The molecule has 0 radical (unpaired) electrons. The molecule has 4 N–H and O–H groups in total. The number of aliphatic carboxylic acids is 1. The van der Waals surface area contributed by atoms with E-state index in [0.717, 1.165) is 0 Å². The van der Waals surface area contributed by atoms with Crippen LogP contribution in [0.15, 0.2) is 0 Å². The van der Waals surface area contributed by atoms with Crippen molar-refractivity contribution in [3.05, 3.63) is 0 Å². The zero-order chi connectivity index (χ0) is 12.4. The second-order valence-electron chi connectivity index (χ2n) is 4.77. The van der Waals surface area contributed by atoms with Gasteiger partial charge < -0.3 is 16.2 Å². The first kappa shape index (κ1) is 13.9. The van der Waals surface area contributed by atoms with Gasteiger partial charge in [0.25, 0.3) is 0 Å². The van der Waals surface area contributed by atoms with E-state index in [-0.39, 0.29) is 0 Å². The number of hydrogen-bond donors (Lipinski definition) is 3. The number of amides is 1. The van der Waals surface area contributed by atoms with Crippen molar-refractivity contribution >= 4 is 11.9 Å². The number of carboxylic acid groups (broad SMARTS) is 1. The Labute approximate surface area is 90.0 Å². The smallest absolute Gasteiger partial charge is 0.321 e. The summed E-state index contributed by atoms with van der Waals surface area (Å²) in [5.74, 6) is -1.49. The molecule has 0 heterocycles. The van der Waals surface area contributed by atoms with Crippen LogP contribution in [0.4, 0.5) is 0 Å². The molecule has 0 saturated heterocycles. The van der Waals surface area contributed by atoms with Gasteiger partial charge in [0.1, 0.15) is 6.04 Å². The fourth-order valence-electron chi connectivity index (χ4n) is 1.47. The van der Waals surface area contributed by atoms with Crippen LogP contribution in [-0.4, -0.2) is 30.1 Å². The number of primary amides is 1. The second kappa shape index (κ2) is 4.18. The number of nitrogens with one attached hydrogen (secondary N) is 1. The molecule has 5 nitrogen and oxygen atoms in total. The molecule has 15 heavy (non-hydrogen) atoms. The van der Waals surface area contributed by atoms with Gasteiger partial charge in [-0.15, -0.1) is 0 Å². The van der Waals surface area contributed by atoms with Gasteiger partial charge >= 0.3 is 5.97 Å². The van der Waals surface area contributed by atoms with Crippen molar-refractivity contribution in [1.82, 2.24) is 5.32 Å². The van der Waals surface area contributed by atoms with E-state index in [9.17, 15) is 9.59 Å². The molecule has 0 aliphatic rings. The molecule has 0 fully saturated rings. The van der Waals surface area contributed by atoms with Gasteiger partial charge in [-0.2, -0.15) is 0 Å². The van der Waals surface area contributed by atoms with Crippen LogP contribution in [0.5, 0.6) is 0 Å². The van der Waals surface area contributed by atoms with E-state index in [1.54, 1.807) is 34.7 Å². The molecule has 0 aromatic carbocycles. The summed E-state index contributed by atoms with van der Waals surface area (Å²) in [5, 5.41) is 11.7. The first-order valence-electron chi connectivity index (χ1n) is 4.79. The monoisotopic (exact) mass is 216 g/mol. The maximum atomic E-state index is 11.3. The third kappa shape index (κ3) is 2.28. The summed E-state index contributed by atoms with van der Waals surface area (Å²) in [6.45, 7) is 6.74. The topological polar surface area (TPSA) is 92.4 Å². The summed E-state index contributed by atoms with van der Waals surface area (Å²) in [6, 6.07) is -0.819. The van der Waals surface area contributed by atoms with Crippen molar-refractivity contribution in [2.75, 3.05) is 7.05 Å². The van der Waals surface area contributed by atoms with Gasteiger partial charge in [0, 0.05) is 5.41 Å². The van der Waals surface area contributed by atoms with Crippen LogP contribution in [0.25, 0.3) is 0 Å². The predicted molar refractivity (Wildman–Crippen MR) is 57.2 cm³/mol. The molecular formula is C10H20N2O3. The maximum absolute atomic E-state index is 11.3. The van der Waals surface area contributed by atoms with Gasteiger partial charge in [0.05, 0.1) is 5.41 Å². The minimum atomic E-state index is -0.989. The lowest BCUT2D eigenvalue weighted by Gasteiger charge is -2.42. The van der Waals surface area contributed by atoms with Crippen LogP contribution in [0, 0.1) is 10.8 Å². The van der Waals surface area contributed by atoms with Crippen LogP contribution in [0.2, 0.25) is 0 Å². The SMILES string of the molecule is CNC(C(=O)O)C(C)(C)C(C)(C)C(N)=O. The van der Waals surface area contributed by atoms with Crippen LogP contribution >= 0.6 is 0 Å². The Morgan fingerprint density at radius 2 is 1.67 bits per heavy atom. The van der Waals surface area contributed by atoms with E-state index < -0.39 is 28.7 Å². The molecule has 0 rings (SSSR count). The van der Waals surface area contributed by atoms with Crippen molar-refractivity contribution in [2.24, 2.45) is 16.6 Å². The highest BCUT2D eigenvalue weighted by atomic mass is 16.4. The van der Waals surface area contributed by atoms with E-state index in [1.165, 1.54) is 0 Å². The molecule has 1 atom stereocenters. The highest BCUT2D eigenvalue weighted by Crippen LogP contribution is 2.41. The van der Waals surface area contributed by atoms with Gasteiger partial charge in [0.2, 0.25) is 5.91 Å². The summed E-state index contributed by atoms with van der Waals surface area (Å²) in [5.41, 5.74) is 3.61. The molecule has 0 spiro atoms. The normalized spacial score (nSPS) is 14.7. The average Bonchev–Trinajstić information content (AvgIpc) is 2.03. The van der Waals surface area contributed by atoms with Crippen LogP contribution in [-0.2, 0) is 9.59 Å². The van der Waals surface area contributed by atoms with Crippen molar-refractivity contribution in [3.63, 3.8) is 0 Å². The molecule has 0 aromatic rings. The second-order valence-corrected chi connectivity index (χ2v) is 4.77. The van der Waals surface area contributed by atoms with Crippen molar-refractivity contribution in [2.45, 2.75) is 33.7 Å². The molecule has 0 bridgehead atoms. The fraction of sp³-hybridized carbons (Fsp3) is 0.800. The Morgan fingerprint density at radius 1 is 1.27 bits per heavy atom. The zero-order valence-electron chi connectivity index (χ0n) is 9.92. The molecule has 0 aliphatic carbocycles. The van der Waals surface area contributed by atoms with Crippen LogP contribution < -0.4 is 11.1 Å². The highest BCUT2D eigenvalue weighted by molar-refractivity contribution is 5.83. The minimum absolute atomic E-state index is 0.506. The van der Waals surface area contributed by atoms with Crippen LogP contribution in [0.3, 0.4) is 0 Å². The Balaban J connectivity index is 5.27. The first-order chi connectivity index (χ1) is 6.59.